The van der Waals surface area contributed by atoms with Crippen molar-refractivity contribution in [1.29, 1.82) is 0 Å². The maximum absolute atomic E-state index is 10.9. The van der Waals surface area contributed by atoms with Gasteiger partial charge in [0.05, 0.1) is 12.4 Å². The summed E-state index contributed by atoms with van der Waals surface area (Å²) in [6, 6.07) is 0. The van der Waals surface area contributed by atoms with E-state index in [-0.39, 0.29) is 12.5 Å². The van der Waals surface area contributed by atoms with Crippen molar-refractivity contribution in [3.05, 3.63) is 0 Å². The van der Waals surface area contributed by atoms with Gasteiger partial charge in [-0.25, -0.2) is 8.42 Å². The number of hydrogen-bond donors (Lipinski definition) is 1. The highest BCUT2D eigenvalue weighted by Crippen LogP contribution is 2.18. The van der Waals surface area contributed by atoms with Gasteiger partial charge in [-0.2, -0.15) is 4.31 Å². The molecule has 1 aliphatic heterocycles. The van der Waals surface area contributed by atoms with Gasteiger partial charge in [-0.1, -0.05) is 6.92 Å². The van der Waals surface area contributed by atoms with Crippen molar-refractivity contribution in [3.8, 4) is 0 Å². The fourth-order valence-corrected chi connectivity index (χ4v) is 2.11. The molecule has 0 radical (unpaired) electrons. The summed E-state index contributed by atoms with van der Waals surface area (Å²) < 4.78 is 23.2. The Hall–Kier alpha value is -0.130. The number of β-amino-alcohol motifs (C(OH)–C–C–N with tert-alkyl or cyclic N) is 1. The van der Waals surface area contributed by atoms with Crippen molar-refractivity contribution in [2.75, 3.05) is 19.3 Å². The molecule has 5 heteroatoms. The van der Waals surface area contributed by atoms with Crippen molar-refractivity contribution in [2.45, 2.75) is 13.0 Å². The molecule has 1 N–H and O–H groups in total. The van der Waals surface area contributed by atoms with Crippen molar-refractivity contribution in [3.63, 3.8) is 0 Å². The third-order valence-corrected chi connectivity index (χ3v) is 3.24. The maximum Gasteiger partial charge on any atom is 0.211 e. The first-order valence-corrected chi connectivity index (χ1v) is 5.39. The third-order valence-electron chi connectivity index (χ3n) is 2.01. The van der Waals surface area contributed by atoms with Crippen LogP contribution in [0.1, 0.15) is 6.92 Å². The number of rotatable bonds is 1. The average Bonchev–Trinajstić information content (AvgIpc) is 2.11. The Bertz CT molecular complexity index is 226. The first kappa shape index (κ1) is 8.96. The van der Waals surface area contributed by atoms with Gasteiger partial charge < -0.3 is 5.11 Å². The molecule has 0 spiro atoms. The van der Waals surface area contributed by atoms with E-state index in [1.807, 2.05) is 6.92 Å². The van der Waals surface area contributed by atoms with Crippen molar-refractivity contribution in [1.82, 2.24) is 4.31 Å². The number of aliphatic hydroxyl groups excluding tert-OH is 1. The number of nitrogens with zero attached hydrogens (tertiary/aromatic N) is 1. The Morgan fingerprint density at radius 1 is 1.45 bits per heavy atom. The predicted octanol–water partition coefficient (Wildman–Crippen LogP) is -0.741. The highest BCUT2D eigenvalue weighted by Gasteiger charge is 2.32. The molecule has 1 heterocycles. The largest absolute Gasteiger partial charge is 0.391 e. The summed E-state index contributed by atoms with van der Waals surface area (Å²) in [5.41, 5.74) is 0. The molecule has 0 aromatic carbocycles. The van der Waals surface area contributed by atoms with Crippen LogP contribution in [0.25, 0.3) is 0 Å². The first-order valence-electron chi connectivity index (χ1n) is 3.54. The summed E-state index contributed by atoms with van der Waals surface area (Å²) in [6.07, 6.45) is 0.669. The van der Waals surface area contributed by atoms with E-state index < -0.39 is 16.1 Å². The summed E-state index contributed by atoms with van der Waals surface area (Å²) >= 11 is 0. The van der Waals surface area contributed by atoms with E-state index in [1.165, 1.54) is 4.31 Å². The van der Waals surface area contributed by atoms with Gasteiger partial charge in [0.25, 0.3) is 0 Å². The van der Waals surface area contributed by atoms with Crippen LogP contribution in [0, 0.1) is 5.92 Å². The predicted molar refractivity (Wildman–Crippen MR) is 41.6 cm³/mol. The monoisotopic (exact) mass is 179 g/mol. The zero-order valence-corrected chi connectivity index (χ0v) is 7.50. The van der Waals surface area contributed by atoms with Crippen LogP contribution in [-0.2, 0) is 10.0 Å². The molecule has 2 unspecified atom stereocenters. The van der Waals surface area contributed by atoms with Gasteiger partial charge in [0.1, 0.15) is 0 Å². The molecule has 1 aliphatic rings. The Balaban J connectivity index is 2.69. The van der Waals surface area contributed by atoms with Gasteiger partial charge >= 0.3 is 0 Å². The lowest BCUT2D eigenvalue weighted by Crippen LogP contribution is -2.28. The van der Waals surface area contributed by atoms with Crippen molar-refractivity contribution in [2.24, 2.45) is 5.92 Å². The van der Waals surface area contributed by atoms with Crippen LogP contribution in [0.4, 0.5) is 0 Å². The Kier molecular flexibility index (Phi) is 2.22. The molecule has 0 aromatic rings. The third kappa shape index (κ3) is 1.91. The molecule has 0 amide bonds. The molecule has 0 saturated carbocycles. The lowest BCUT2D eigenvalue weighted by atomic mass is 10.1. The van der Waals surface area contributed by atoms with E-state index in [0.717, 1.165) is 6.26 Å². The van der Waals surface area contributed by atoms with Gasteiger partial charge in [-0.05, 0) is 5.92 Å². The highest BCUT2D eigenvalue weighted by molar-refractivity contribution is 7.88. The molecule has 0 aromatic heterocycles. The van der Waals surface area contributed by atoms with E-state index in [4.69, 9.17) is 0 Å². The molecule has 1 fully saturated rings. The molecule has 0 bridgehead atoms. The van der Waals surface area contributed by atoms with Gasteiger partial charge in [-0.3, -0.25) is 0 Å². The molecule has 2 atom stereocenters. The molecule has 11 heavy (non-hydrogen) atoms. The second-order valence-electron chi connectivity index (χ2n) is 3.12. The average molecular weight is 179 g/mol. The summed E-state index contributed by atoms with van der Waals surface area (Å²) in [4.78, 5) is 0. The van der Waals surface area contributed by atoms with E-state index in [0.29, 0.717) is 6.54 Å². The van der Waals surface area contributed by atoms with Gasteiger partial charge in [0, 0.05) is 13.1 Å². The summed E-state index contributed by atoms with van der Waals surface area (Å²) in [6.45, 7) is 2.54. The minimum atomic E-state index is -3.10. The normalized spacial score (nSPS) is 34.5. The van der Waals surface area contributed by atoms with Crippen LogP contribution >= 0.6 is 0 Å². The van der Waals surface area contributed by atoms with E-state index >= 15 is 0 Å². The van der Waals surface area contributed by atoms with Crippen LogP contribution in [0.3, 0.4) is 0 Å². The molecule has 1 rings (SSSR count). The van der Waals surface area contributed by atoms with Gasteiger partial charge in [-0.15, -0.1) is 0 Å². The highest BCUT2D eigenvalue weighted by atomic mass is 32.2. The van der Waals surface area contributed by atoms with Gasteiger partial charge in [0.15, 0.2) is 0 Å². The Morgan fingerprint density at radius 2 is 2.00 bits per heavy atom. The zero-order valence-electron chi connectivity index (χ0n) is 6.69. The SMILES string of the molecule is CC1CN(S(C)(=O)=O)CC1O. The summed E-state index contributed by atoms with van der Waals surface area (Å²) in [5, 5.41) is 9.23. The van der Waals surface area contributed by atoms with Crippen LogP contribution in [0.5, 0.6) is 0 Å². The lowest BCUT2D eigenvalue weighted by Gasteiger charge is -2.10. The van der Waals surface area contributed by atoms with E-state index in [1.54, 1.807) is 0 Å². The zero-order chi connectivity index (χ0) is 8.65. The van der Waals surface area contributed by atoms with Crippen LogP contribution in [-0.4, -0.2) is 43.3 Å². The number of hydrogen-bond acceptors (Lipinski definition) is 3. The van der Waals surface area contributed by atoms with Gasteiger partial charge in [0.2, 0.25) is 10.0 Å². The first-order chi connectivity index (χ1) is 4.91. The number of sulfonamides is 1. The van der Waals surface area contributed by atoms with Crippen molar-refractivity contribution < 1.29 is 13.5 Å². The fraction of sp³-hybridized carbons (Fsp3) is 1.00. The quantitative estimate of drug-likeness (QED) is 0.576. The molecular weight excluding hydrogens is 166 g/mol. The molecule has 1 saturated heterocycles. The molecule has 4 nitrogen and oxygen atoms in total. The minimum absolute atomic E-state index is 0.0599. The second kappa shape index (κ2) is 2.73. The second-order valence-corrected chi connectivity index (χ2v) is 5.11. The lowest BCUT2D eigenvalue weighted by molar-refractivity contribution is 0.153. The van der Waals surface area contributed by atoms with E-state index in [2.05, 4.69) is 0 Å². The smallest absolute Gasteiger partial charge is 0.211 e. The molecule has 66 valence electrons. The fourth-order valence-electron chi connectivity index (χ4n) is 1.18. The van der Waals surface area contributed by atoms with E-state index in [9.17, 15) is 13.5 Å². The Morgan fingerprint density at radius 3 is 2.18 bits per heavy atom. The molecule has 0 aliphatic carbocycles. The van der Waals surface area contributed by atoms with Crippen molar-refractivity contribution >= 4 is 10.0 Å². The molecular formula is C6H13NO3S. The van der Waals surface area contributed by atoms with Crippen LogP contribution in [0.2, 0.25) is 0 Å². The topological polar surface area (TPSA) is 57.6 Å². The number of aliphatic hydroxyl groups is 1. The minimum Gasteiger partial charge on any atom is -0.391 e. The maximum atomic E-state index is 10.9. The Labute approximate surface area is 66.9 Å². The summed E-state index contributed by atoms with van der Waals surface area (Å²) in [7, 11) is -3.10. The summed E-state index contributed by atoms with van der Waals surface area (Å²) in [5.74, 6) is 0.0599. The standard InChI is InChI=1S/C6H13NO3S/c1-5-3-7(4-6(5)8)11(2,9)10/h5-6,8H,3-4H2,1-2H3. The van der Waals surface area contributed by atoms with Crippen LogP contribution < -0.4 is 0 Å². The van der Waals surface area contributed by atoms with Crippen LogP contribution in [0.15, 0.2) is 0 Å².